The van der Waals surface area contributed by atoms with Gasteiger partial charge in [-0.15, -0.1) is 0 Å². The van der Waals surface area contributed by atoms with Crippen LogP contribution < -0.4 is 19.9 Å². The molecule has 0 unspecified atom stereocenters. The summed E-state index contributed by atoms with van der Waals surface area (Å²) in [5, 5.41) is 2.85. The van der Waals surface area contributed by atoms with E-state index < -0.39 is 17.6 Å². The Kier molecular flexibility index (Phi) is 10.7. The summed E-state index contributed by atoms with van der Waals surface area (Å²) in [5.74, 6) is -0.477. The molecule has 3 aromatic rings. The van der Waals surface area contributed by atoms with E-state index in [2.05, 4.69) is 17.4 Å². The van der Waals surface area contributed by atoms with E-state index in [9.17, 15) is 14.4 Å². The van der Waals surface area contributed by atoms with E-state index in [0.29, 0.717) is 55.3 Å². The standard InChI is InChI=1S/C40H48N4O7/c1-26(45)41-30-12-7-10-28(22-30)27-9-6-11-29(21-27)33-17-19-42(39(48)51-40(2,3)4)24-34(33)38(47)44(31-13-14-31)32-15-16-36-35(23-32)43(18-8-20-49-5)37(46)25-50-36/h6-7,9-12,15-16,21-23,31,33-34H,8,13-14,17-20,24-25H2,1-5H3,(H,41,45)/t33-,34+/m1/s1. The average molecular weight is 697 g/mol. The summed E-state index contributed by atoms with van der Waals surface area (Å²) in [4.78, 5) is 58.4. The Balaban J connectivity index is 1.35. The van der Waals surface area contributed by atoms with Gasteiger partial charge in [0, 0.05) is 57.7 Å². The van der Waals surface area contributed by atoms with Gasteiger partial charge in [0.15, 0.2) is 6.61 Å². The number of fused-ring (bicyclic) bond motifs is 1. The lowest BCUT2D eigenvalue weighted by Gasteiger charge is -2.41. The summed E-state index contributed by atoms with van der Waals surface area (Å²) in [6, 6.07) is 21.5. The molecule has 1 N–H and O–H groups in total. The van der Waals surface area contributed by atoms with Gasteiger partial charge < -0.3 is 34.2 Å². The van der Waals surface area contributed by atoms with Gasteiger partial charge in [-0.2, -0.15) is 0 Å². The lowest BCUT2D eigenvalue weighted by Crippen LogP contribution is -2.51. The zero-order valence-corrected chi connectivity index (χ0v) is 30.1. The predicted octanol–water partition coefficient (Wildman–Crippen LogP) is 6.61. The second-order valence-corrected chi connectivity index (χ2v) is 14.6. The molecule has 3 aromatic carbocycles. The highest BCUT2D eigenvalue weighted by Crippen LogP contribution is 2.43. The molecule has 4 amide bonds. The molecule has 0 spiro atoms. The zero-order valence-electron chi connectivity index (χ0n) is 30.1. The zero-order chi connectivity index (χ0) is 36.3. The Hall–Kier alpha value is -4.90. The number of likely N-dealkylation sites (tertiary alicyclic amines) is 1. The monoisotopic (exact) mass is 696 g/mol. The van der Waals surface area contributed by atoms with Crippen LogP contribution in [0.15, 0.2) is 66.7 Å². The number of hydrogen-bond acceptors (Lipinski definition) is 7. The smallest absolute Gasteiger partial charge is 0.410 e. The van der Waals surface area contributed by atoms with Crippen LogP contribution in [0, 0.1) is 5.92 Å². The quantitative estimate of drug-likeness (QED) is 0.237. The Labute approximate surface area is 299 Å². The van der Waals surface area contributed by atoms with Gasteiger partial charge in [-0.05, 0) is 99.4 Å². The largest absolute Gasteiger partial charge is 0.482 e. The Morgan fingerprint density at radius 3 is 2.43 bits per heavy atom. The third-order valence-electron chi connectivity index (χ3n) is 9.46. The van der Waals surface area contributed by atoms with E-state index in [-0.39, 0.29) is 42.8 Å². The van der Waals surface area contributed by atoms with Gasteiger partial charge in [0.25, 0.3) is 5.91 Å². The fourth-order valence-corrected chi connectivity index (χ4v) is 7.00. The van der Waals surface area contributed by atoms with Crippen LogP contribution in [0.2, 0.25) is 0 Å². The highest BCUT2D eigenvalue weighted by atomic mass is 16.6. The molecule has 270 valence electrons. The summed E-state index contributed by atoms with van der Waals surface area (Å²) < 4.78 is 16.8. The first-order chi connectivity index (χ1) is 24.4. The van der Waals surface area contributed by atoms with Crippen molar-refractivity contribution in [2.75, 3.05) is 55.1 Å². The molecule has 0 bridgehead atoms. The number of piperidine rings is 1. The van der Waals surface area contributed by atoms with Crippen LogP contribution in [0.4, 0.5) is 21.9 Å². The molecule has 3 aliphatic rings. The number of benzene rings is 3. The summed E-state index contributed by atoms with van der Waals surface area (Å²) in [5.41, 5.74) is 4.29. The molecule has 2 atom stereocenters. The fourth-order valence-electron chi connectivity index (χ4n) is 7.00. The van der Waals surface area contributed by atoms with E-state index in [1.807, 2.05) is 80.3 Å². The minimum Gasteiger partial charge on any atom is -0.482 e. The molecule has 2 fully saturated rings. The van der Waals surface area contributed by atoms with Crippen LogP contribution in [0.25, 0.3) is 11.1 Å². The molecule has 1 saturated heterocycles. The summed E-state index contributed by atoms with van der Waals surface area (Å²) in [7, 11) is 1.64. The first-order valence-corrected chi connectivity index (χ1v) is 17.8. The second kappa shape index (κ2) is 15.1. The molecule has 2 heterocycles. The summed E-state index contributed by atoms with van der Waals surface area (Å²) >= 11 is 0. The number of carbonyl (C=O) groups excluding carboxylic acids is 4. The van der Waals surface area contributed by atoms with Crippen molar-refractivity contribution in [1.82, 2.24) is 4.90 Å². The van der Waals surface area contributed by atoms with Crippen molar-refractivity contribution in [3.05, 3.63) is 72.3 Å². The van der Waals surface area contributed by atoms with E-state index >= 15 is 4.79 Å². The minimum atomic E-state index is -0.675. The molecule has 6 rings (SSSR count). The number of ether oxygens (including phenoxy) is 3. The Bertz CT molecular complexity index is 1780. The van der Waals surface area contributed by atoms with E-state index in [0.717, 1.165) is 29.5 Å². The third kappa shape index (κ3) is 8.53. The molecule has 0 radical (unpaired) electrons. The molecule has 51 heavy (non-hydrogen) atoms. The van der Waals surface area contributed by atoms with E-state index in [1.54, 1.807) is 16.9 Å². The van der Waals surface area contributed by atoms with Crippen molar-refractivity contribution in [3.8, 4) is 16.9 Å². The Morgan fingerprint density at radius 1 is 0.980 bits per heavy atom. The summed E-state index contributed by atoms with van der Waals surface area (Å²) in [6.45, 7) is 8.61. The number of hydrogen-bond donors (Lipinski definition) is 1. The third-order valence-corrected chi connectivity index (χ3v) is 9.46. The van der Waals surface area contributed by atoms with Crippen LogP contribution in [0.1, 0.15) is 64.9 Å². The van der Waals surface area contributed by atoms with Crippen molar-refractivity contribution in [2.45, 2.75) is 70.9 Å². The molecule has 1 aliphatic carbocycles. The Morgan fingerprint density at radius 2 is 1.73 bits per heavy atom. The number of rotatable bonds is 10. The normalized spacial score (nSPS) is 18.8. The van der Waals surface area contributed by atoms with Gasteiger partial charge in [0.1, 0.15) is 11.4 Å². The van der Waals surface area contributed by atoms with Crippen molar-refractivity contribution in [3.63, 3.8) is 0 Å². The number of nitrogens with zero attached hydrogens (tertiary/aromatic N) is 3. The number of amides is 4. The van der Waals surface area contributed by atoms with Crippen LogP contribution >= 0.6 is 0 Å². The van der Waals surface area contributed by atoms with Crippen LogP contribution in [-0.2, 0) is 23.9 Å². The molecular formula is C40H48N4O7. The van der Waals surface area contributed by atoms with Gasteiger partial charge in [-0.1, -0.05) is 36.4 Å². The van der Waals surface area contributed by atoms with Crippen LogP contribution in [-0.4, -0.2) is 80.3 Å². The average Bonchev–Trinajstić information content (AvgIpc) is 3.93. The number of anilines is 3. The van der Waals surface area contributed by atoms with Crippen molar-refractivity contribution >= 4 is 40.9 Å². The maximum Gasteiger partial charge on any atom is 0.410 e. The van der Waals surface area contributed by atoms with Gasteiger partial charge in [-0.3, -0.25) is 14.4 Å². The van der Waals surface area contributed by atoms with E-state index in [4.69, 9.17) is 14.2 Å². The highest BCUT2D eigenvalue weighted by molar-refractivity contribution is 6.01. The lowest BCUT2D eigenvalue weighted by atomic mass is 9.78. The highest BCUT2D eigenvalue weighted by Gasteiger charge is 2.44. The second-order valence-electron chi connectivity index (χ2n) is 14.6. The number of carbonyl (C=O) groups is 4. The molecular weight excluding hydrogens is 648 g/mol. The van der Waals surface area contributed by atoms with Gasteiger partial charge in [-0.25, -0.2) is 4.79 Å². The number of methoxy groups -OCH3 is 1. The maximum absolute atomic E-state index is 15.0. The topological polar surface area (TPSA) is 118 Å². The van der Waals surface area contributed by atoms with E-state index in [1.165, 1.54) is 6.92 Å². The SMILES string of the molecule is COCCCN1C(=O)COc2ccc(N(C(=O)[C@H]3CN(C(=O)OC(C)(C)C)CC[C@@H]3c3cccc(-c4cccc(NC(C)=O)c4)c3)C3CC3)cc21. The maximum atomic E-state index is 15.0. The van der Waals surface area contributed by atoms with Crippen LogP contribution in [0.3, 0.4) is 0 Å². The molecule has 11 nitrogen and oxygen atoms in total. The first-order valence-electron chi connectivity index (χ1n) is 17.8. The van der Waals surface area contributed by atoms with Crippen molar-refractivity contribution in [1.29, 1.82) is 0 Å². The minimum absolute atomic E-state index is 0.0121. The lowest BCUT2D eigenvalue weighted by molar-refractivity contribution is -0.125. The molecule has 1 saturated carbocycles. The van der Waals surface area contributed by atoms with Crippen molar-refractivity contribution in [2.24, 2.45) is 5.92 Å². The van der Waals surface area contributed by atoms with Crippen LogP contribution in [0.5, 0.6) is 5.75 Å². The summed E-state index contributed by atoms with van der Waals surface area (Å²) in [6.07, 6.45) is 2.53. The van der Waals surface area contributed by atoms with Gasteiger partial charge >= 0.3 is 6.09 Å². The van der Waals surface area contributed by atoms with Gasteiger partial charge in [0.2, 0.25) is 11.8 Å². The molecule has 11 heteroatoms. The molecule has 2 aliphatic heterocycles. The van der Waals surface area contributed by atoms with Crippen molar-refractivity contribution < 1.29 is 33.4 Å². The molecule has 0 aromatic heterocycles. The number of nitrogens with one attached hydrogen (secondary N) is 1. The fraction of sp³-hybridized carbons (Fsp3) is 0.450. The van der Waals surface area contributed by atoms with Gasteiger partial charge in [0.05, 0.1) is 11.6 Å². The predicted molar refractivity (Wildman–Crippen MR) is 196 cm³/mol. The first kappa shape index (κ1) is 35.9.